The van der Waals surface area contributed by atoms with E-state index in [4.69, 9.17) is 0 Å². The third-order valence-electron chi connectivity index (χ3n) is 3.03. The standard InChI is InChI=1S/C13H16FN/c1-2-15-10-4-3-5-13(15)11-6-8-12(14)9-7-11/h2,6-9,13H,1,3-5,10H2. The fourth-order valence-corrected chi connectivity index (χ4v) is 2.22. The zero-order valence-electron chi connectivity index (χ0n) is 8.82. The number of nitrogens with zero attached hydrogens (tertiary/aromatic N) is 1. The van der Waals surface area contributed by atoms with Crippen LogP contribution in [0, 0.1) is 5.82 Å². The van der Waals surface area contributed by atoms with Gasteiger partial charge in [0.15, 0.2) is 0 Å². The van der Waals surface area contributed by atoms with Crippen LogP contribution in [-0.4, -0.2) is 11.4 Å². The summed E-state index contributed by atoms with van der Waals surface area (Å²) in [5.74, 6) is -0.167. The highest BCUT2D eigenvalue weighted by Crippen LogP contribution is 2.30. The lowest BCUT2D eigenvalue weighted by Gasteiger charge is -2.35. The van der Waals surface area contributed by atoms with Crippen LogP contribution in [0.2, 0.25) is 0 Å². The van der Waals surface area contributed by atoms with Crippen LogP contribution >= 0.6 is 0 Å². The molecule has 80 valence electrons. The lowest BCUT2D eigenvalue weighted by atomic mass is 9.96. The number of benzene rings is 1. The second-order valence-electron chi connectivity index (χ2n) is 3.98. The molecule has 2 rings (SSSR count). The van der Waals surface area contributed by atoms with Gasteiger partial charge in [0.2, 0.25) is 0 Å². The van der Waals surface area contributed by atoms with Crippen molar-refractivity contribution in [3.63, 3.8) is 0 Å². The summed E-state index contributed by atoms with van der Waals surface area (Å²) in [6, 6.07) is 7.21. The third kappa shape index (κ3) is 2.20. The monoisotopic (exact) mass is 205 g/mol. The Bertz CT molecular complexity index is 331. The maximum absolute atomic E-state index is 12.8. The van der Waals surface area contributed by atoms with Gasteiger partial charge in [-0.2, -0.15) is 0 Å². The van der Waals surface area contributed by atoms with Crippen molar-refractivity contribution >= 4 is 0 Å². The minimum absolute atomic E-state index is 0.167. The fourth-order valence-electron chi connectivity index (χ4n) is 2.22. The highest BCUT2D eigenvalue weighted by atomic mass is 19.1. The summed E-state index contributed by atoms with van der Waals surface area (Å²) in [5, 5.41) is 0. The molecule has 1 nitrogen and oxygen atoms in total. The van der Waals surface area contributed by atoms with E-state index in [9.17, 15) is 4.39 Å². The van der Waals surface area contributed by atoms with E-state index in [1.165, 1.54) is 30.5 Å². The molecule has 0 aromatic heterocycles. The lowest BCUT2D eigenvalue weighted by Crippen LogP contribution is -2.28. The van der Waals surface area contributed by atoms with Gasteiger partial charge < -0.3 is 4.90 Å². The molecule has 1 heterocycles. The summed E-state index contributed by atoms with van der Waals surface area (Å²) >= 11 is 0. The zero-order chi connectivity index (χ0) is 10.7. The first-order chi connectivity index (χ1) is 7.31. The minimum atomic E-state index is -0.167. The van der Waals surface area contributed by atoms with Gasteiger partial charge >= 0.3 is 0 Å². The van der Waals surface area contributed by atoms with Crippen LogP contribution in [0.25, 0.3) is 0 Å². The molecule has 0 amide bonds. The fraction of sp³-hybridized carbons (Fsp3) is 0.385. The van der Waals surface area contributed by atoms with E-state index in [0.29, 0.717) is 6.04 Å². The zero-order valence-corrected chi connectivity index (χ0v) is 8.82. The molecule has 0 N–H and O–H groups in total. The van der Waals surface area contributed by atoms with E-state index in [1.54, 1.807) is 0 Å². The van der Waals surface area contributed by atoms with E-state index < -0.39 is 0 Å². The number of hydrogen-bond donors (Lipinski definition) is 0. The molecule has 0 bridgehead atoms. The first-order valence-corrected chi connectivity index (χ1v) is 5.45. The summed E-state index contributed by atoms with van der Waals surface area (Å²) in [5.41, 5.74) is 1.19. The quantitative estimate of drug-likeness (QED) is 0.714. The van der Waals surface area contributed by atoms with Crippen LogP contribution in [0.1, 0.15) is 30.9 Å². The van der Waals surface area contributed by atoms with Crippen molar-refractivity contribution in [2.24, 2.45) is 0 Å². The SMILES string of the molecule is C=CN1CCCCC1c1ccc(F)cc1. The highest BCUT2D eigenvalue weighted by molar-refractivity contribution is 5.21. The first kappa shape index (κ1) is 10.2. The molecule has 1 aliphatic rings. The van der Waals surface area contributed by atoms with Crippen LogP contribution in [0.15, 0.2) is 37.0 Å². The molecule has 0 saturated carbocycles. The van der Waals surface area contributed by atoms with Crippen molar-refractivity contribution in [3.05, 3.63) is 48.4 Å². The Hall–Kier alpha value is -1.31. The van der Waals surface area contributed by atoms with Crippen LogP contribution in [0.5, 0.6) is 0 Å². The van der Waals surface area contributed by atoms with Gasteiger partial charge in [-0.15, -0.1) is 0 Å². The maximum atomic E-state index is 12.8. The van der Waals surface area contributed by atoms with Crippen LogP contribution in [0.4, 0.5) is 4.39 Å². The molecular weight excluding hydrogens is 189 g/mol. The Labute approximate surface area is 90.2 Å². The topological polar surface area (TPSA) is 3.24 Å². The molecular formula is C13H16FN. The molecule has 2 heteroatoms. The van der Waals surface area contributed by atoms with Gasteiger partial charge in [-0.05, 0) is 43.2 Å². The molecule has 1 atom stereocenters. The third-order valence-corrected chi connectivity index (χ3v) is 3.03. The predicted molar refractivity (Wildman–Crippen MR) is 59.9 cm³/mol. The Morgan fingerprint density at radius 1 is 1.27 bits per heavy atom. The molecule has 0 aliphatic carbocycles. The summed E-state index contributed by atoms with van der Waals surface area (Å²) in [7, 11) is 0. The van der Waals surface area contributed by atoms with E-state index in [1.807, 2.05) is 18.3 Å². The van der Waals surface area contributed by atoms with Crippen LogP contribution in [0.3, 0.4) is 0 Å². The normalized spacial score (nSPS) is 21.4. The molecule has 1 unspecified atom stereocenters. The van der Waals surface area contributed by atoms with Crippen molar-refractivity contribution in [2.45, 2.75) is 25.3 Å². The van der Waals surface area contributed by atoms with E-state index >= 15 is 0 Å². The van der Waals surface area contributed by atoms with E-state index in [0.717, 1.165) is 13.0 Å². The summed E-state index contributed by atoms with van der Waals surface area (Å²) in [6.45, 7) is 4.89. The van der Waals surface area contributed by atoms with Gasteiger partial charge in [0.1, 0.15) is 5.82 Å². The minimum Gasteiger partial charge on any atom is -0.371 e. The molecule has 1 aliphatic heterocycles. The second kappa shape index (κ2) is 4.47. The Balaban J connectivity index is 2.20. The van der Waals surface area contributed by atoms with Gasteiger partial charge in [0.25, 0.3) is 0 Å². The average Bonchev–Trinajstić information content (AvgIpc) is 2.30. The number of piperidine rings is 1. The Morgan fingerprint density at radius 2 is 2.00 bits per heavy atom. The molecule has 1 fully saturated rings. The summed E-state index contributed by atoms with van der Waals surface area (Å²) < 4.78 is 12.8. The molecule has 1 saturated heterocycles. The largest absolute Gasteiger partial charge is 0.371 e. The second-order valence-corrected chi connectivity index (χ2v) is 3.98. The van der Waals surface area contributed by atoms with Crippen molar-refractivity contribution in [2.75, 3.05) is 6.54 Å². The number of rotatable bonds is 2. The van der Waals surface area contributed by atoms with Gasteiger partial charge in [0.05, 0.1) is 6.04 Å². The average molecular weight is 205 g/mol. The maximum Gasteiger partial charge on any atom is 0.123 e. The van der Waals surface area contributed by atoms with Crippen molar-refractivity contribution in [1.82, 2.24) is 4.90 Å². The van der Waals surface area contributed by atoms with Crippen LogP contribution < -0.4 is 0 Å². The Morgan fingerprint density at radius 3 is 2.67 bits per heavy atom. The lowest BCUT2D eigenvalue weighted by molar-refractivity contribution is 0.216. The number of likely N-dealkylation sites (tertiary alicyclic amines) is 1. The van der Waals surface area contributed by atoms with Crippen molar-refractivity contribution < 1.29 is 4.39 Å². The van der Waals surface area contributed by atoms with Gasteiger partial charge in [0, 0.05) is 6.54 Å². The van der Waals surface area contributed by atoms with Crippen molar-refractivity contribution in [1.29, 1.82) is 0 Å². The van der Waals surface area contributed by atoms with E-state index in [-0.39, 0.29) is 5.82 Å². The van der Waals surface area contributed by atoms with Crippen LogP contribution in [-0.2, 0) is 0 Å². The Kier molecular flexibility index (Phi) is 3.05. The predicted octanol–water partition coefficient (Wildman–Crippen LogP) is 3.50. The first-order valence-electron chi connectivity index (χ1n) is 5.45. The summed E-state index contributed by atoms with van der Waals surface area (Å²) in [6.07, 6.45) is 5.50. The highest BCUT2D eigenvalue weighted by Gasteiger charge is 2.20. The molecule has 15 heavy (non-hydrogen) atoms. The number of hydrogen-bond acceptors (Lipinski definition) is 1. The van der Waals surface area contributed by atoms with Gasteiger partial charge in [-0.3, -0.25) is 0 Å². The van der Waals surface area contributed by atoms with Gasteiger partial charge in [-0.1, -0.05) is 18.7 Å². The number of halogens is 1. The molecule has 1 aromatic rings. The molecule has 0 radical (unpaired) electrons. The molecule has 0 spiro atoms. The summed E-state index contributed by atoms with van der Waals surface area (Å²) in [4.78, 5) is 2.25. The van der Waals surface area contributed by atoms with E-state index in [2.05, 4.69) is 11.5 Å². The molecule has 1 aromatic carbocycles. The van der Waals surface area contributed by atoms with Crippen molar-refractivity contribution in [3.8, 4) is 0 Å². The van der Waals surface area contributed by atoms with Gasteiger partial charge in [-0.25, -0.2) is 4.39 Å². The smallest absolute Gasteiger partial charge is 0.123 e.